The molecule has 0 aliphatic heterocycles. The summed E-state index contributed by atoms with van der Waals surface area (Å²) in [6.07, 6.45) is 2.06. The molecule has 0 bridgehead atoms. The Hall–Kier alpha value is -1.89. The van der Waals surface area contributed by atoms with E-state index in [1.165, 1.54) is 0 Å². The van der Waals surface area contributed by atoms with Crippen LogP contribution in [-0.2, 0) is 0 Å². The first-order valence-electron chi connectivity index (χ1n) is 7.07. The van der Waals surface area contributed by atoms with Crippen molar-refractivity contribution in [3.8, 4) is 5.75 Å². The van der Waals surface area contributed by atoms with Gasteiger partial charge in [0.1, 0.15) is 5.75 Å². The predicted octanol–water partition coefficient (Wildman–Crippen LogP) is 0.953. The zero-order valence-corrected chi connectivity index (χ0v) is 14.1. The van der Waals surface area contributed by atoms with E-state index in [9.17, 15) is 4.79 Å². The van der Waals surface area contributed by atoms with Gasteiger partial charge in [-0.05, 0) is 30.5 Å². The van der Waals surface area contributed by atoms with Gasteiger partial charge in [-0.3, -0.25) is 9.79 Å². The number of benzene rings is 1. The molecule has 3 N–H and O–H groups in total. The number of rotatable bonds is 8. The van der Waals surface area contributed by atoms with Crippen LogP contribution in [0.4, 0.5) is 0 Å². The summed E-state index contributed by atoms with van der Waals surface area (Å²) in [7, 11) is 3.32. The lowest BCUT2D eigenvalue weighted by molar-refractivity contribution is 0.0954. The van der Waals surface area contributed by atoms with Gasteiger partial charge in [-0.25, -0.2) is 0 Å². The van der Waals surface area contributed by atoms with Crippen molar-refractivity contribution < 1.29 is 9.53 Å². The van der Waals surface area contributed by atoms with Crippen molar-refractivity contribution in [2.24, 2.45) is 4.99 Å². The van der Waals surface area contributed by atoms with E-state index < -0.39 is 0 Å². The van der Waals surface area contributed by atoms with Gasteiger partial charge in [0, 0.05) is 38.0 Å². The van der Waals surface area contributed by atoms with E-state index in [0.717, 1.165) is 24.0 Å². The van der Waals surface area contributed by atoms with Gasteiger partial charge in [0.25, 0.3) is 5.91 Å². The molecule has 0 aliphatic carbocycles. The third-order valence-corrected chi connectivity index (χ3v) is 3.49. The summed E-state index contributed by atoms with van der Waals surface area (Å²) in [5, 5.41) is 9.20. The number of methoxy groups -OCH3 is 1. The summed E-state index contributed by atoms with van der Waals surface area (Å²) in [4.78, 5) is 16.1. The van der Waals surface area contributed by atoms with Crippen molar-refractivity contribution in [3.05, 3.63) is 29.8 Å². The molecule has 0 aromatic heterocycles. The Bertz CT molecular complexity index is 477. The fourth-order valence-electron chi connectivity index (χ4n) is 1.69. The quantitative estimate of drug-likeness (QED) is 0.377. The van der Waals surface area contributed by atoms with Crippen LogP contribution in [0.25, 0.3) is 0 Å². The van der Waals surface area contributed by atoms with Crippen LogP contribution in [-0.4, -0.2) is 57.7 Å². The third-order valence-electron chi connectivity index (χ3n) is 2.88. The minimum absolute atomic E-state index is 0.102. The fourth-order valence-corrected chi connectivity index (χ4v) is 2.00. The molecule has 122 valence electrons. The lowest BCUT2D eigenvalue weighted by Crippen LogP contribution is -2.42. The number of thioether (sulfide) groups is 1. The van der Waals surface area contributed by atoms with Crippen LogP contribution in [0.15, 0.2) is 29.3 Å². The molecule has 0 unspecified atom stereocenters. The Morgan fingerprint density at radius 3 is 2.36 bits per heavy atom. The summed E-state index contributed by atoms with van der Waals surface area (Å²) in [6.45, 7) is 1.99. The average molecular weight is 324 g/mol. The summed E-state index contributed by atoms with van der Waals surface area (Å²) < 4.78 is 5.06. The Kier molecular flexibility index (Phi) is 8.90. The normalized spacial score (nSPS) is 11.0. The van der Waals surface area contributed by atoms with Gasteiger partial charge in [-0.15, -0.1) is 0 Å². The van der Waals surface area contributed by atoms with Crippen LogP contribution in [0, 0.1) is 0 Å². The molecule has 0 saturated heterocycles. The summed E-state index contributed by atoms with van der Waals surface area (Å²) in [5.41, 5.74) is 0.614. The predicted molar refractivity (Wildman–Crippen MR) is 93.1 cm³/mol. The van der Waals surface area contributed by atoms with E-state index in [4.69, 9.17) is 4.74 Å². The highest BCUT2D eigenvalue weighted by Crippen LogP contribution is 2.10. The van der Waals surface area contributed by atoms with Crippen LogP contribution in [0.5, 0.6) is 5.75 Å². The number of amides is 1. The topological polar surface area (TPSA) is 74.8 Å². The first-order valence-corrected chi connectivity index (χ1v) is 8.46. The summed E-state index contributed by atoms with van der Waals surface area (Å²) in [5.74, 6) is 2.40. The highest BCUT2D eigenvalue weighted by Gasteiger charge is 2.04. The van der Waals surface area contributed by atoms with Crippen molar-refractivity contribution in [1.29, 1.82) is 0 Å². The number of ether oxygens (including phenoxy) is 1. The van der Waals surface area contributed by atoms with Gasteiger partial charge in [0.15, 0.2) is 5.96 Å². The highest BCUT2D eigenvalue weighted by molar-refractivity contribution is 7.98. The molecule has 1 aromatic rings. The molecule has 6 nitrogen and oxygen atoms in total. The second-order valence-electron chi connectivity index (χ2n) is 4.40. The monoisotopic (exact) mass is 324 g/mol. The third kappa shape index (κ3) is 6.71. The average Bonchev–Trinajstić information content (AvgIpc) is 2.57. The number of aliphatic imine (C=N–C) groups is 1. The molecule has 0 aliphatic rings. The van der Waals surface area contributed by atoms with Crippen molar-refractivity contribution in [2.75, 3.05) is 45.8 Å². The van der Waals surface area contributed by atoms with E-state index in [1.54, 1.807) is 50.2 Å². The summed E-state index contributed by atoms with van der Waals surface area (Å²) in [6, 6.07) is 7.02. The maximum absolute atomic E-state index is 11.9. The first-order chi connectivity index (χ1) is 10.7. The van der Waals surface area contributed by atoms with Gasteiger partial charge < -0.3 is 20.7 Å². The number of nitrogens with one attached hydrogen (secondary N) is 3. The van der Waals surface area contributed by atoms with E-state index in [1.807, 2.05) is 0 Å². The largest absolute Gasteiger partial charge is 0.497 e. The van der Waals surface area contributed by atoms with Crippen molar-refractivity contribution in [2.45, 2.75) is 0 Å². The minimum Gasteiger partial charge on any atom is -0.497 e. The number of hydrogen-bond donors (Lipinski definition) is 3. The van der Waals surface area contributed by atoms with E-state index in [0.29, 0.717) is 18.7 Å². The summed E-state index contributed by atoms with van der Waals surface area (Å²) >= 11 is 1.78. The molecule has 22 heavy (non-hydrogen) atoms. The van der Waals surface area contributed by atoms with Crippen molar-refractivity contribution >= 4 is 23.6 Å². The van der Waals surface area contributed by atoms with Gasteiger partial charge in [0.2, 0.25) is 0 Å². The second-order valence-corrected chi connectivity index (χ2v) is 5.39. The number of carbonyl (C=O) groups is 1. The molecule has 1 rings (SSSR count). The van der Waals surface area contributed by atoms with Crippen LogP contribution in [0.3, 0.4) is 0 Å². The van der Waals surface area contributed by atoms with Crippen LogP contribution in [0.2, 0.25) is 0 Å². The standard InChI is InChI=1S/C15H24N4O2S/c1-16-15(19-10-11-22-3)18-9-8-17-14(20)12-4-6-13(21-2)7-5-12/h4-7H,8-11H2,1-3H3,(H,17,20)(H2,16,18,19). The highest BCUT2D eigenvalue weighted by atomic mass is 32.2. The smallest absolute Gasteiger partial charge is 0.251 e. The lowest BCUT2D eigenvalue weighted by Gasteiger charge is -2.12. The zero-order valence-electron chi connectivity index (χ0n) is 13.3. The van der Waals surface area contributed by atoms with Gasteiger partial charge in [-0.2, -0.15) is 11.8 Å². The van der Waals surface area contributed by atoms with Crippen molar-refractivity contribution in [1.82, 2.24) is 16.0 Å². The molecule has 1 amide bonds. The Morgan fingerprint density at radius 2 is 1.77 bits per heavy atom. The molecule has 0 spiro atoms. The van der Waals surface area contributed by atoms with E-state index >= 15 is 0 Å². The Labute approximate surface area is 136 Å². The SMILES string of the molecule is CN=C(NCCNC(=O)c1ccc(OC)cc1)NCCSC. The Morgan fingerprint density at radius 1 is 1.14 bits per heavy atom. The van der Waals surface area contributed by atoms with E-state index in [2.05, 4.69) is 27.2 Å². The van der Waals surface area contributed by atoms with Crippen LogP contribution < -0.4 is 20.7 Å². The van der Waals surface area contributed by atoms with Gasteiger partial charge in [-0.1, -0.05) is 0 Å². The molecule has 0 fully saturated rings. The van der Waals surface area contributed by atoms with Gasteiger partial charge in [0.05, 0.1) is 7.11 Å². The molecule has 0 radical (unpaired) electrons. The van der Waals surface area contributed by atoms with Crippen LogP contribution >= 0.6 is 11.8 Å². The molecular weight excluding hydrogens is 300 g/mol. The number of guanidine groups is 1. The number of nitrogens with zero attached hydrogens (tertiary/aromatic N) is 1. The second kappa shape index (κ2) is 10.8. The molecule has 0 saturated carbocycles. The zero-order chi connectivity index (χ0) is 16.2. The molecule has 1 aromatic carbocycles. The fraction of sp³-hybridized carbons (Fsp3) is 0.467. The number of carbonyl (C=O) groups excluding carboxylic acids is 1. The molecule has 0 heterocycles. The van der Waals surface area contributed by atoms with Crippen LogP contribution in [0.1, 0.15) is 10.4 Å². The maximum atomic E-state index is 11.9. The number of hydrogen-bond acceptors (Lipinski definition) is 4. The minimum atomic E-state index is -0.102. The maximum Gasteiger partial charge on any atom is 0.251 e. The Balaban J connectivity index is 2.26. The van der Waals surface area contributed by atoms with E-state index in [-0.39, 0.29) is 5.91 Å². The van der Waals surface area contributed by atoms with Crippen molar-refractivity contribution in [3.63, 3.8) is 0 Å². The molecular formula is C15H24N4O2S. The van der Waals surface area contributed by atoms with Gasteiger partial charge >= 0.3 is 0 Å². The molecule has 0 atom stereocenters. The molecule has 7 heteroatoms. The lowest BCUT2D eigenvalue weighted by atomic mass is 10.2. The first kappa shape index (κ1) is 18.2.